The van der Waals surface area contributed by atoms with E-state index < -0.39 is 0 Å². The molecule has 0 saturated heterocycles. The van der Waals surface area contributed by atoms with Gasteiger partial charge in [-0.15, -0.1) is 11.3 Å². The molecule has 0 aromatic carbocycles. The lowest BCUT2D eigenvalue weighted by Crippen LogP contribution is -2.32. The molecule has 1 unspecified atom stereocenters. The van der Waals surface area contributed by atoms with Crippen molar-refractivity contribution in [2.45, 2.75) is 19.4 Å². The first-order valence-electron chi connectivity index (χ1n) is 4.36. The summed E-state index contributed by atoms with van der Waals surface area (Å²) in [5.41, 5.74) is 0.452. The zero-order valence-corrected chi connectivity index (χ0v) is 11.9. The van der Waals surface area contributed by atoms with E-state index in [0.29, 0.717) is 14.2 Å². The summed E-state index contributed by atoms with van der Waals surface area (Å²) in [5, 5.41) is 3.70. The quantitative estimate of drug-likeness (QED) is 0.832. The van der Waals surface area contributed by atoms with E-state index in [9.17, 15) is 4.79 Å². The summed E-state index contributed by atoms with van der Waals surface area (Å²) in [6, 6.07) is 1.71. The smallest absolute Gasteiger partial charge is 0.253 e. The highest BCUT2D eigenvalue weighted by Crippen LogP contribution is 2.31. The molecule has 1 atom stereocenters. The Kier molecular flexibility index (Phi) is 5.39. The van der Waals surface area contributed by atoms with Crippen molar-refractivity contribution in [3.63, 3.8) is 0 Å². The van der Waals surface area contributed by atoms with Gasteiger partial charge in [-0.2, -0.15) is 0 Å². The van der Waals surface area contributed by atoms with Gasteiger partial charge in [-0.25, -0.2) is 0 Å². The van der Waals surface area contributed by atoms with Crippen LogP contribution in [-0.4, -0.2) is 17.3 Å². The van der Waals surface area contributed by atoms with Gasteiger partial charge in [-0.05, 0) is 19.4 Å². The Hall–Kier alpha value is 0.230. The normalized spacial score (nSPS) is 12.5. The molecule has 0 fully saturated rings. The number of alkyl halides is 1. The van der Waals surface area contributed by atoms with Crippen LogP contribution in [0.2, 0.25) is 8.67 Å². The molecule has 2 nitrogen and oxygen atoms in total. The second-order valence-corrected chi connectivity index (χ2v) is 6.17. The van der Waals surface area contributed by atoms with Crippen LogP contribution < -0.4 is 5.32 Å². The number of carbonyl (C=O) groups excluding carboxylic acids is 1. The number of nitrogens with one attached hydrogen (secondary N) is 1. The van der Waals surface area contributed by atoms with E-state index >= 15 is 0 Å². The standard InChI is InChI=1S/C9H10BrCl2NOS/c1-5(2-3-10)13-9(14)6-4-7(11)15-8(6)12/h4-5H,2-3H2,1H3,(H,13,14). The Morgan fingerprint density at radius 2 is 2.33 bits per heavy atom. The number of amides is 1. The molecule has 6 heteroatoms. The van der Waals surface area contributed by atoms with Gasteiger partial charge in [-0.1, -0.05) is 39.1 Å². The lowest BCUT2D eigenvalue weighted by molar-refractivity contribution is 0.0940. The predicted molar refractivity (Wildman–Crippen MR) is 69.7 cm³/mol. The van der Waals surface area contributed by atoms with E-state index in [0.717, 1.165) is 11.8 Å². The van der Waals surface area contributed by atoms with E-state index in [-0.39, 0.29) is 11.9 Å². The molecule has 0 saturated carbocycles. The summed E-state index contributed by atoms with van der Waals surface area (Å²) in [6.07, 6.45) is 0.876. The van der Waals surface area contributed by atoms with E-state index in [1.807, 2.05) is 6.92 Å². The molecule has 84 valence electrons. The summed E-state index contributed by atoms with van der Waals surface area (Å²) >= 11 is 16.1. The largest absolute Gasteiger partial charge is 0.349 e. The second kappa shape index (κ2) is 6.09. The monoisotopic (exact) mass is 329 g/mol. The van der Waals surface area contributed by atoms with Crippen LogP contribution in [0.1, 0.15) is 23.7 Å². The lowest BCUT2D eigenvalue weighted by atomic mass is 10.2. The van der Waals surface area contributed by atoms with Crippen LogP contribution in [0.5, 0.6) is 0 Å². The number of rotatable bonds is 4. The van der Waals surface area contributed by atoms with E-state index in [1.54, 1.807) is 6.07 Å². The molecule has 0 aliphatic heterocycles. The third-order valence-electron chi connectivity index (χ3n) is 1.82. The maximum absolute atomic E-state index is 11.7. The Bertz CT molecular complexity index is 356. The maximum Gasteiger partial charge on any atom is 0.253 e. The third-order valence-corrected chi connectivity index (χ3v) is 3.77. The van der Waals surface area contributed by atoms with Crippen molar-refractivity contribution >= 4 is 56.4 Å². The van der Waals surface area contributed by atoms with Gasteiger partial charge in [-0.3, -0.25) is 4.79 Å². The summed E-state index contributed by atoms with van der Waals surface area (Å²) in [4.78, 5) is 11.7. The Morgan fingerprint density at radius 3 is 2.80 bits per heavy atom. The third kappa shape index (κ3) is 3.94. The van der Waals surface area contributed by atoms with Gasteiger partial charge in [0.25, 0.3) is 5.91 Å². The van der Waals surface area contributed by atoms with Gasteiger partial charge >= 0.3 is 0 Å². The van der Waals surface area contributed by atoms with Crippen LogP contribution in [0.25, 0.3) is 0 Å². The highest BCUT2D eigenvalue weighted by atomic mass is 79.9. The average molecular weight is 331 g/mol. The minimum Gasteiger partial charge on any atom is -0.349 e. The van der Waals surface area contributed by atoms with Gasteiger partial charge in [0, 0.05) is 11.4 Å². The number of thiophene rings is 1. The van der Waals surface area contributed by atoms with Crippen molar-refractivity contribution in [3.05, 3.63) is 20.3 Å². The molecular formula is C9H10BrCl2NOS. The van der Waals surface area contributed by atoms with Crippen molar-refractivity contribution < 1.29 is 4.79 Å². The number of halogens is 3. The van der Waals surface area contributed by atoms with Crippen LogP contribution in [0.15, 0.2) is 6.07 Å². The fraction of sp³-hybridized carbons (Fsp3) is 0.444. The van der Waals surface area contributed by atoms with Crippen LogP contribution in [0.4, 0.5) is 0 Å². The summed E-state index contributed by atoms with van der Waals surface area (Å²) in [7, 11) is 0. The summed E-state index contributed by atoms with van der Waals surface area (Å²) in [5.74, 6) is -0.170. The fourth-order valence-electron chi connectivity index (χ4n) is 1.03. The number of hydrogen-bond donors (Lipinski definition) is 1. The van der Waals surface area contributed by atoms with Crippen LogP contribution in [0, 0.1) is 0 Å². The molecule has 15 heavy (non-hydrogen) atoms. The van der Waals surface area contributed by atoms with Gasteiger partial charge in [0.1, 0.15) is 4.34 Å². The van der Waals surface area contributed by atoms with E-state index in [1.165, 1.54) is 11.3 Å². The Morgan fingerprint density at radius 1 is 1.67 bits per heavy atom. The highest BCUT2D eigenvalue weighted by molar-refractivity contribution is 9.09. The zero-order chi connectivity index (χ0) is 11.4. The number of hydrogen-bond acceptors (Lipinski definition) is 2. The Balaban J connectivity index is 2.65. The first kappa shape index (κ1) is 13.3. The van der Waals surface area contributed by atoms with Gasteiger partial charge in [0.05, 0.1) is 9.90 Å². The van der Waals surface area contributed by atoms with Crippen molar-refractivity contribution in [2.75, 3.05) is 5.33 Å². The van der Waals surface area contributed by atoms with Crippen LogP contribution in [-0.2, 0) is 0 Å². The molecule has 1 N–H and O–H groups in total. The molecule has 1 aromatic rings. The van der Waals surface area contributed by atoms with Crippen molar-refractivity contribution in [3.8, 4) is 0 Å². The lowest BCUT2D eigenvalue weighted by Gasteiger charge is -2.11. The summed E-state index contributed by atoms with van der Waals surface area (Å²) < 4.78 is 0.960. The minimum absolute atomic E-state index is 0.117. The summed E-state index contributed by atoms with van der Waals surface area (Å²) in [6.45, 7) is 1.95. The first-order chi connectivity index (χ1) is 7.04. The predicted octanol–water partition coefficient (Wildman–Crippen LogP) is 3.96. The topological polar surface area (TPSA) is 29.1 Å². The SMILES string of the molecule is CC(CCBr)NC(=O)c1cc(Cl)sc1Cl. The van der Waals surface area contributed by atoms with E-state index in [2.05, 4.69) is 21.2 Å². The van der Waals surface area contributed by atoms with Gasteiger partial charge in [0.2, 0.25) is 0 Å². The van der Waals surface area contributed by atoms with Gasteiger partial charge in [0.15, 0.2) is 0 Å². The minimum atomic E-state index is -0.170. The Labute approximate surface area is 111 Å². The molecule has 0 radical (unpaired) electrons. The van der Waals surface area contributed by atoms with Crippen LogP contribution in [0.3, 0.4) is 0 Å². The molecule has 1 rings (SSSR count). The molecule has 0 aliphatic rings. The molecule has 1 amide bonds. The zero-order valence-electron chi connectivity index (χ0n) is 8.02. The van der Waals surface area contributed by atoms with Crippen molar-refractivity contribution in [2.24, 2.45) is 0 Å². The van der Waals surface area contributed by atoms with Gasteiger partial charge < -0.3 is 5.32 Å². The maximum atomic E-state index is 11.7. The highest BCUT2D eigenvalue weighted by Gasteiger charge is 2.15. The van der Waals surface area contributed by atoms with Crippen molar-refractivity contribution in [1.29, 1.82) is 0 Å². The fourth-order valence-corrected chi connectivity index (χ4v) is 3.18. The first-order valence-corrected chi connectivity index (χ1v) is 7.05. The molecule has 0 spiro atoms. The second-order valence-electron chi connectivity index (χ2n) is 3.09. The molecule has 1 heterocycles. The molecule has 0 aliphatic carbocycles. The molecule has 0 bridgehead atoms. The van der Waals surface area contributed by atoms with E-state index in [4.69, 9.17) is 23.2 Å². The average Bonchev–Trinajstić information content (AvgIpc) is 2.45. The van der Waals surface area contributed by atoms with Crippen LogP contribution >= 0.6 is 50.5 Å². The number of carbonyl (C=O) groups is 1. The van der Waals surface area contributed by atoms with Crippen molar-refractivity contribution in [1.82, 2.24) is 5.32 Å². The molecule has 1 aromatic heterocycles. The molecular weight excluding hydrogens is 321 g/mol.